The van der Waals surface area contributed by atoms with Gasteiger partial charge in [0.05, 0.1) is 13.2 Å². The van der Waals surface area contributed by atoms with Gasteiger partial charge in [0.15, 0.2) is 12.1 Å². The van der Waals surface area contributed by atoms with Gasteiger partial charge in [-0.05, 0) is 0 Å². The van der Waals surface area contributed by atoms with Gasteiger partial charge in [-0.3, -0.25) is 4.79 Å². The van der Waals surface area contributed by atoms with E-state index in [1.54, 1.807) is 0 Å². The molecule has 0 aliphatic carbocycles. The van der Waals surface area contributed by atoms with E-state index >= 15 is 0 Å². The van der Waals surface area contributed by atoms with E-state index in [1.807, 2.05) is 0 Å². The number of aliphatic hydroxyl groups is 9. The van der Waals surface area contributed by atoms with Gasteiger partial charge in [0.1, 0.15) is 43.2 Å². The third kappa shape index (κ3) is 8.43. The third-order valence-electron chi connectivity index (χ3n) is 2.46. The summed E-state index contributed by atoms with van der Waals surface area (Å²) in [6, 6.07) is 0. The minimum Gasteiger partial charge on any atom is -0.394 e. The quantitative estimate of drug-likeness (QED) is 0.181. The van der Waals surface area contributed by atoms with Crippen LogP contribution in [0.1, 0.15) is 0 Å². The summed E-state index contributed by atoms with van der Waals surface area (Å²) in [5.74, 6) is -1.00. The lowest BCUT2D eigenvalue weighted by molar-refractivity contribution is -0.142. The van der Waals surface area contributed by atoms with Crippen LogP contribution in [-0.4, -0.2) is 114 Å². The van der Waals surface area contributed by atoms with Crippen molar-refractivity contribution in [2.45, 2.75) is 36.6 Å². The van der Waals surface area contributed by atoms with Crippen molar-refractivity contribution in [3.8, 4) is 0 Å². The number of carbonyl (C=O) groups excluding carboxylic acids is 2. The molecule has 22 heavy (non-hydrogen) atoms. The summed E-state index contributed by atoms with van der Waals surface area (Å²) in [5.41, 5.74) is 0. The molecule has 0 aliphatic heterocycles. The van der Waals surface area contributed by atoms with Crippen molar-refractivity contribution in [2.24, 2.45) is 0 Å². The van der Waals surface area contributed by atoms with Crippen LogP contribution in [0.3, 0.4) is 0 Å². The number of hydrogen-bond acceptors (Lipinski definition) is 11. The lowest BCUT2D eigenvalue weighted by Gasteiger charge is -2.19. The number of hydrogen-bond donors (Lipinski definition) is 9. The van der Waals surface area contributed by atoms with Crippen molar-refractivity contribution in [3.05, 3.63) is 0 Å². The normalized spacial score (nSPS) is 19.0. The minimum atomic E-state index is -1.86. The molecule has 0 rings (SSSR count). The highest BCUT2D eigenvalue weighted by molar-refractivity contribution is 5.84. The molecular formula is C11H22O11. The zero-order chi connectivity index (χ0) is 17.9. The Labute approximate surface area is 125 Å². The van der Waals surface area contributed by atoms with E-state index in [0.717, 1.165) is 0 Å². The van der Waals surface area contributed by atoms with E-state index in [2.05, 4.69) is 0 Å². The number of carbonyl (C=O) groups is 2. The fourth-order valence-corrected chi connectivity index (χ4v) is 1.02. The summed E-state index contributed by atoms with van der Waals surface area (Å²) >= 11 is 0. The maximum atomic E-state index is 10.5. The molecule has 0 saturated carbocycles. The number of ketones is 1. The van der Waals surface area contributed by atoms with Gasteiger partial charge in [-0.15, -0.1) is 0 Å². The highest BCUT2D eigenvalue weighted by Gasteiger charge is 2.28. The Morgan fingerprint density at radius 3 is 1.55 bits per heavy atom. The van der Waals surface area contributed by atoms with E-state index < -0.39 is 62.2 Å². The molecule has 0 aliphatic rings. The van der Waals surface area contributed by atoms with Gasteiger partial charge < -0.3 is 50.8 Å². The Balaban J connectivity index is 0. The SMILES string of the molecule is O=C(CO)[C@@H](O)[C@H](O)[C@@H](O)CO.O=C[C@H](O)[C@@H](O)[C@H](O)CO. The van der Waals surface area contributed by atoms with E-state index in [9.17, 15) is 9.59 Å². The van der Waals surface area contributed by atoms with Crippen LogP contribution < -0.4 is 0 Å². The molecule has 132 valence electrons. The van der Waals surface area contributed by atoms with Crippen molar-refractivity contribution in [3.63, 3.8) is 0 Å². The summed E-state index contributed by atoms with van der Waals surface area (Å²) in [5, 5.41) is 77.1. The molecule has 0 aromatic heterocycles. The predicted molar refractivity (Wildman–Crippen MR) is 68.4 cm³/mol. The molecule has 0 amide bonds. The van der Waals surface area contributed by atoms with Crippen LogP contribution in [0.25, 0.3) is 0 Å². The van der Waals surface area contributed by atoms with Crippen LogP contribution in [0.2, 0.25) is 0 Å². The number of Topliss-reactive ketones (excluding diaryl/α,β-unsaturated/α-hetero) is 1. The maximum absolute atomic E-state index is 10.5. The summed E-state index contributed by atoms with van der Waals surface area (Å²) in [6.07, 6.45) is -9.85. The Kier molecular flexibility index (Phi) is 13.2. The largest absolute Gasteiger partial charge is 0.394 e. The molecule has 0 aromatic rings. The van der Waals surface area contributed by atoms with Gasteiger partial charge >= 0.3 is 0 Å². The van der Waals surface area contributed by atoms with E-state index in [-0.39, 0.29) is 6.29 Å². The summed E-state index contributed by atoms with van der Waals surface area (Å²) < 4.78 is 0. The Morgan fingerprint density at radius 2 is 1.23 bits per heavy atom. The average Bonchev–Trinajstić information content (AvgIpc) is 2.56. The first kappa shape index (κ1) is 23.2. The Bertz CT molecular complexity index is 310. The van der Waals surface area contributed by atoms with Gasteiger partial charge in [0.2, 0.25) is 0 Å². The second kappa shape index (κ2) is 12.5. The van der Waals surface area contributed by atoms with Gasteiger partial charge in [0.25, 0.3) is 0 Å². The molecule has 0 bridgehead atoms. The van der Waals surface area contributed by atoms with Crippen LogP contribution in [0.5, 0.6) is 0 Å². The molecule has 0 heterocycles. The van der Waals surface area contributed by atoms with Gasteiger partial charge in [0, 0.05) is 0 Å². The standard InChI is InChI=1S/C6H12O6.C5H10O5/c7-1-3(9)5(11)6(12)4(10)2-8;6-1-3(8)5(10)4(9)2-7/h3,5-9,11-12H,1-2H2;1,3-5,7-10H,2H2/t3-,5+,6+;3-,4+,5+/m00/s1. The summed E-state index contributed by atoms with van der Waals surface area (Å²) in [4.78, 5) is 20.3. The number of aldehydes is 1. The lowest BCUT2D eigenvalue weighted by Crippen LogP contribution is -2.44. The topological polar surface area (TPSA) is 216 Å². The Morgan fingerprint density at radius 1 is 0.818 bits per heavy atom. The van der Waals surface area contributed by atoms with Crippen LogP contribution in [0.4, 0.5) is 0 Å². The second-order valence-corrected chi connectivity index (χ2v) is 4.18. The predicted octanol–water partition coefficient (Wildman–Crippen LogP) is -6.12. The highest BCUT2D eigenvalue weighted by atomic mass is 16.4. The molecular weight excluding hydrogens is 308 g/mol. The second-order valence-electron chi connectivity index (χ2n) is 4.18. The van der Waals surface area contributed by atoms with Crippen molar-refractivity contribution in [2.75, 3.05) is 19.8 Å². The molecule has 0 radical (unpaired) electrons. The molecule has 11 heteroatoms. The zero-order valence-electron chi connectivity index (χ0n) is 11.5. The molecule has 0 fully saturated rings. The number of aliphatic hydroxyl groups excluding tert-OH is 9. The van der Waals surface area contributed by atoms with Crippen molar-refractivity contribution in [1.29, 1.82) is 0 Å². The van der Waals surface area contributed by atoms with Crippen LogP contribution in [-0.2, 0) is 9.59 Å². The van der Waals surface area contributed by atoms with Gasteiger partial charge in [-0.1, -0.05) is 0 Å². The number of rotatable bonds is 9. The fraction of sp³-hybridized carbons (Fsp3) is 0.818. The smallest absolute Gasteiger partial charge is 0.189 e. The third-order valence-corrected chi connectivity index (χ3v) is 2.46. The molecule has 11 nitrogen and oxygen atoms in total. The van der Waals surface area contributed by atoms with Crippen molar-refractivity contribution < 1.29 is 55.5 Å². The van der Waals surface area contributed by atoms with Gasteiger partial charge in [-0.25, -0.2) is 0 Å². The lowest BCUT2D eigenvalue weighted by atomic mass is 10.1. The molecule has 0 aromatic carbocycles. The minimum absolute atomic E-state index is 0.0869. The average molecular weight is 330 g/mol. The molecule has 0 unspecified atom stereocenters. The molecule has 9 N–H and O–H groups in total. The van der Waals surface area contributed by atoms with Crippen LogP contribution in [0.15, 0.2) is 0 Å². The molecule has 0 saturated heterocycles. The van der Waals surface area contributed by atoms with Crippen molar-refractivity contribution in [1.82, 2.24) is 0 Å². The maximum Gasteiger partial charge on any atom is 0.189 e. The first-order valence-corrected chi connectivity index (χ1v) is 6.06. The van der Waals surface area contributed by atoms with Crippen LogP contribution in [0, 0.1) is 0 Å². The highest BCUT2D eigenvalue weighted by Crippen LogP contribution is 2.00. The van der Waals surface area contributed by atoms with E-state index in [4.69, 9.17) is 46.0 Å². The monoisotopic (exact) mass is 330 g/mol. The zero-order valence-corrected chi connectivity index (χ0v) is 11.5. The van der Waals surface area contributed by atoms with E-state index in [1.165, 1.54) is 0 Å². The fourth-order valence-electron chi connectivity index (χ4n) is 1.02. The molecule has 0 spiro atoms. The first-order chi connectivity index (χ1) is 10.2. The first-order valence-electron chi connectivity index (χ1n) is 6.06. The van der Waals surface area contributed by atoms with Gasteiger partial charge in [-0.2, -0.15) is 0 Å². The summed E-state index contributed by atoms with van der Waals surface area (Å²) in [7, 11) is 0. The van der Waals surface area contributed by atoms with Crippen LogP contribution >= 0.6 is 0 Å². The van der Waals surface area contributed by atoms with Crippen molar-refractivity contribution >= 4 is 12.1 Å². The molecule has 6 atom stereocenters. The van der Waals surface area contributed by atoms with E-state index in [0.29, 0.717) is 0 Å². The summed E-state index contributed by atoms with van der Waals surface area (Å²) in [6.45, 7) is -2.38. The Hall–Kier alpha value is -1.02.